The van der Waals surface area contributed by atoms with Gasteiger partial charge in [0.05, 0.1) is 13.2 Å². The SMILES string of the molecule is COc1ccc(C(C)NC(=O)CCc2ccccc2F)cc1. The number of benzene rings is 2. The lowest BCUT2D eigenvalue weighted by atomic mass is 10.1. The minimum Gasteiger partial charge on any atom is -0.497 e. The van der Waals surface area contributed by atoms with E-state index in [4.69, 9.17) is 4.74 Å². The number of nitrogens with one attached hydrogen (secondary N) is 1. The average molecular weight is 301 g/mol. The summed E-state index contributed by atoms with van der Waals surface area (Å²) in [5.41, 5.74) is 1.56. The van der Waals surface area contributed by atoms with Crippen molar-refractivity contribution in [3.8, 4) is 5.75 Å². The molecule has 0 bridgehead atoms. The molecular formula is C18H20FNO2. The molecule has 3 nitrogen and oxygen atoms in total. The van der Waals surface area contributed by atoms with Crippen molar-refractivity contribution >= 4 is 5.91 Å². The second kappa shape index (κ2) is 7.59. The topological polar surface area (TPSA) is 38.3 Å². The first-order valence-electron chi connectivity index (χ1n) is 7.27. The number of hydrogen-bond donors (Lipinski definition) is 1. The third-order valence-corrected chi connectivity index (χ3v) is 3.57. The second-order valence-corrected chi connectivity index (χ2v) is 5.15. The third kappa shape index (κ3) is 4.32. The van der Waals surface area contributed by atoms with E-state index in [2.05, 4.69) is 5.32 Å². The zero-order chi connectivity index (χ0) is 15.9. The highest BCUT2D eigenvalue weighted by Gasteiger charge is 2.10. The predicted octanol–water partition coefficient (Wildman–Crippen LogP) is 3.64. The van der Waals surface area contributed by atoms with Crippen molar-refractivity contribution < 1.29 is 13.9 Å². The minimum absolute atomic E-state index is 0.0911. The normalized spacial score (nSPS) is 11.8. The Morgan fingerprint density at radius 3 is 2.50 bits per heavy atom. The molecule has 2 rings (SSSR count). The van der Waals surface area contributed by atoms with Crippen LogP contribution in [0.2, 0.25) is 0 Å². The van der Waals surface area contributed by atoms with Gasteiger partial charge in [0.25, 0.3) is 0 Å². The van der Waals surface area contributed by atoms with Crippen LogP contribution in [0.3, 0.4) is 0 Å². The van der Waals surface area contributed by atoms with Crippen molar-refractivity contribution in [1.29, 1.82) is 0 Å². The molecule has 0 spiro atoms. The Labute approximate surface area is 130 Å². The summed E-state index contributed by atoms with van der Waals surface area (Å²) in [7, 11) is 1.61. The van der Waals surface area contributed by atoms with Gasteiger partial charge in [-0.15, -0.1) is 0 Å². The van der Waals surface area contributed by atoms with Gasteiger partial charge in [-0.05, 0) is 42.7 Å². The summed E-state index contributed by atoms with van der Waals surface area (Å²) < 4.78 is 18.6. The summed E-state index contributed by atoms with van der Waals surface area (Å²) in [6.07, 6.45) is 0.662. The number of rotatable bonds is 6. The summed E-state index contributed by atoms with van der Waals surface area (Å²) >= 11 is 0. The van der Waals surface area contributed by atoms with E-state index in [0.29, 0.717) is 12.0 Å². The Hall–Kier alpha value is -2.36. The molecule has 0 fully saturated rings. The van der Waals surface area contributed by atoms with E-state index in [9.17, 15) is 9.18 Å². The lowest BCUT2D eigenvalue weighted by Gasteiger charge is -2.15. The minimum atomic E-state index is -0.265. The van der Waals surface area contributed by atoms with Gasteiger partial charge in [-0.1, -0.05) is 30.3 Å². The zero-order valence-corrected chi connectivity index (χ0v) is 12.8. The van der Waals surface area contributed by atoms with Crippen LogP contribution in [-0.2, 0) is 11.2 Å². The van der Waals surface area contributed by atoms with Crippen molar-refractivity contribution in [2.75, 3.05) is 7.11 Å². The van der Waals surface area contributed by atoms with E-state index < -0.39 is 0 Å². The molecule has 0 saturated carbocycles. The number of halogens is 1. The molecule has 0 aliphatic rings. The van der Waals surface area contributed by atoms with Crippen molar-refractivity contribution in [3.05, 3.63) is 65.5 Å². The number of aryl methyl sites for hydroxylation is 1. The first-order valence-corrected chi connectivity index (χ1v) is 7.27. The molecule has 1 unspecified atom stereocenters. The Morgan fingerprint density at radius 2 is 1.86 bits per heavy atom. The first kappa shape index (κ1) is 16.0. The maximum atomic E-state index is 13.5. The molecule has 116 valence electrons. The lowest BCUT2D eigenvalue weighted by Crippen LogP contribution is -2.26. The van der Waals surface area contributed by atoms with Gasteiger partial charge in [0, 0.05) is 6.42 Å². The second-order valence-electron chi connectivity index (χ2n) is 5.15. The summed E-state index contributed by atoms with van der Waals surface area (Å²) in [6.45, 7) is 1.92. The smallest absolute Gasteiger partial charge is 0.220 e. The molecule has 22 heavy (non-hydrogen) atoms. The molecule has 4 heteroatoms. The standard InChI is InChI=1S/C18H20FNO2/c1-13(14-7-10-16(22-2)11-8-14)20-18(21)12-9-15-5-3-4-6-17(15)19/h3-8,10-11,13H,9,12H2,1-2H3,(H,20,21). The van der Waals surface area contributed by atoms with E-state index in [-0.39, 0.29) is 24.2 Å². The van der Waals surface area contributed by atoms with Crippen molar-refractivity contribution in [2.24, 2.45) is 0 Å². The number of ether oxygens (including phenoxy) is 1. The molecule has 0 aromatic heterocycles. The number of amides is 1. The highest BCUT2D eigenvalue weighted by atomic mass is 19.1. The van der Waals surface area contributed by atoms with E-state index >= 15 is 0 Å². The van der Waals surface area contributed by atoms with Crippen molar-refractivity contribution in [3.63, 3.8) is 0 Å². The highest BCUT2D eigenvalue weighted by molar-refractivity contribution is 5.76. The number of methoxy groups -OCH3 is 1. The third-order valence-electron chi connectivity index (χ3n) is 3.57. The molecule has 1 atom stereocenters. The van der Waals surface area contributed by atoms with Crippen molar-refractivity contribution in [2.45, 2.75) is 25.8 Å². The van der Waals surface area contributed by atoms with Gasteiger partial charge in [-0.3, -0.25) is 4.79 Å². The quantitative estimate of drug-likeness (QED) is 0.884. The van der Waals surface area contributed by atoms with Crippen LogP contribution in [0.5, 0.6) is 5.75 Å². The van der Waals surface area contributed by atoms with Crippen LogP contribution < -0.4 is 10.1 Å². The van der Waals surface area contributed by atoms with Gasteiger partial charge in [0.15, 0.2) is 0 Å². The van der Waals surface area contributed by atoms with Crippen LogP contribution in [0.15, 0.2) is 48.5 Å². The summed E-state index contributed by atoms with van der Waals surface area (Å²) in [5, 5.41) is 2.92. The van der Waals surface area contributed by atoms with Gasteiger partial charge >= 0.3 is 0 Å². The Kier molecular flexibility index (Phi) is 5.53. The highest BCUT2D eigenvalue weighted by Crippen LogP contribution is 2.17. The van der Waals surface area contributed by atoms with Crippen LogP contribution in [-0.4, -0.2) is 13.0 Å². The maximum Gasteiger partial charge on any atom is 0.220 e. The fourth-order valence-electron chi connectivity index (χ4n) is 2.24. The number of carbonyl (C=O) groups excluding carboxylic acids is 1. The molecule has 1 N–H and O–H groups in total. The van der Waals surface area contributed by atoms with E-state index in [1.165, 1.54) is 6.07 Å². The van der Waals surface area contributed by atoms with Crippen LogP contribution >= 0.6 is 0 Å². The molecule has 2 aromatic rings. The van der Waals surface area contributed by atoms with Gasteiger partial charge in [0.2, 0.25) is 5.91 Å². The summed E-state index contributed by atoms with van der Waals surface area (Å²) in [6, 6.07) is 14.0. The molecule has 0 aliphatic carbocycles. The van der Waals surface area contributed by atoms with Gasteiger partial charge in [-0.2, -0.15) is 0 Å². The summed E-state index contributed by atoms with van der Waals surface area (Å²) in [5.74, 6) is 0.423. The van der Waals surface area contributed by atoms with Crippen LogP contribution in [0.1, 0.15) is 30.5 Å². The average Bonchev–Trinajstić information content (AvgIpc) is 2.54. The molecule has 0 radical (unpaired) electrons. The van der Waals surface area contributed by atoms with Gasteiger partial charge < -0.3 is 10.1 Å². The molecule has 2 aromatic carbocycles. The summed E-state index contributed by atoms with van der Waals surface area (Å²) in [4.78, 5) is 12.0. The fourth-order valence-corrected chi connectivity index (χ4v) is 2.24. The molecule has 0 saturated heterocycles. The van der Waals surface area contributed by atoms with E-state index in [0.717, 1.165) is 11.3 Å². The molecule has 1 amide bonds. The number of carbonyl (C=O) groups is 1. The largest absolute Gasteiger partial charge is 0.497 e. The number of hydrogen-bond acceptors (Lipinski definition) is 2. The Balaban J connectivity index is 1.87. The van der Waals surface area contributed by atoms with Crippen LogP contribution in [0.25, 0.3) is 0 Å². The van der Waals surface area contributed by atoms with Gasteiger partial charge in [0.1, 0.15) is 11.6 Å². The van der Waals surface area contributed by atoms with Crippen LogP contribution in [0.4, 0.5) is 4.39 Å². The monoisotopic (exact) mass is 301 g/mol. The Bertz CT molecular complexity index is 625. The van der Waals surface area contributed by atoms with E-state index in [1.54, 1.807) is 25.3 Å². The van der Waals surface area contributed by atoms with Gasteiger partial charge in [-0.25, -0.2) is 4.39 Å². The zero-order valence-electron chi connectivity index (χ0n) is 12.8. The van der Waals surface area contributed by atoms with Crippen molar-refractivity contribution in [1.82, 2.24) is 5.32 Å². The van der Waals surface area contributed by atoms with Crippen LogP contribution in [0, 0.1) is 5.82 Å². The molecule has 0 aliphatic heterocycles. The maximum absolute atomic E-state index is 13.5. The van der Waals surface area contributed by atoms with E-state index in [1.807, 2.05) is 31.2 Å². The molecular weight excluding hydrogens is 281 g/mol. The lowest BCUT2D eigenvalue weighted by molar-refractivity contribution is -0.121. The molecule has 0 heterocycles. The Morgan fingerprint density at radius 1 is 1.18 bits per heavy atom. The first-order chi connectivity index (χ1) is 10.6. The predicted molar refractivity (Wildman–Crippen MR) is 84.3 cm³/mol. The fraction of sp³-hybridized carbons (Fsp3) is 0.278.